The Balaban J connectivity index is 2.26. The Hall–Kier alpha value is -1.39. The lowest BCUT2D eigenvalue weighted by atomic mass is 9.71. The van der Waals surface area contributed by atoms with E-state index in [0.717, 1.165) is 11.1 Å². The molecule has 22 heavy (non-hydrogen) atoms. The summed E-state index contributed by atoms with van der Waals surface area (Å²) in [5.74, 6) is 0.0539. The van der Waals surface area contributed by atoms with Crippen LogP contribution in [0.15, 0.2) is 24.3 Å². The molecule has 2 atom stereocenters. The Morgan fingerprint density at radius 3 is 2.55 bits per heavy atom. The molecular formula is C18H27NO3. The van der Waals surface area contributed by atoms with Gasteiger partial charge >= 0.3 is 0 Å². The Bertz CT molecular complexity index is 507. The van der Waals surface area contributed by atoms with E-state index in [1.54, 1.807) is 6.92 Å². The Morgan fingerprint density at radius 2 is 1.95 bits per heavy atom. The lowest BCUT2D eigenvalue weighted by Crippen LogP contribution is -2.51. The first-order chi connectivity index (χ1) is 10.5. The minimum absolute atomic E-state index is 0.0451. The fraction of sp³-hybridized carbons (Fsp3) is 0.611. The van der Waals surface area contributed by atoms with Crippen molar-refractivity contribution in [2.24, 2.45) is 0 Å². The van der Waals surface area contributed by atoms with Crippen LogP contribution in [-0.4, -0.2) is 36.4 Å². The maximum absolute atomic E-state index is 13.0. The summed E-state index contributed by atoms with van der Waals surface area (Å²) < 4.78 is 5.49. The maximum Gasteiger partial charge on any atom is 0.231 e. The first-order valence-corrected chi connectivity index (χ1v) is 8.08. The van der Waals surface area contributed by atoms with Gasteiger partial charge in [-0.15, -0.1) is 0 Å². The standard InChI is InChI=1S/C18H27NO3/c1-13-6-4-5-7-16(13)18(8-10-22-11-9-18)17(21)19-14(2)12-15(3)20/h4-7,14-15,20H,8-12H2,1-3H3,(H,19,21)/t14-,15-/m0/s1. The highest BCUT2D eigenvalue weighted by atomic mass is 16.5. The molecule has 1 fully saturated rings. The molecule has 0 aliphatic carbocycles. The van der Waals surface area contributed by atoms with Crippen LogP contribution in [0.25, 0.3) is 0 Å². The summed E-state index contributed by atoms with van der Waals surface area (Å²) in [6, 6.07) is 8.06. The van der Waals surface area contributed by atoms with Crippen molar-refractivity contribution in [2.75, 3.05) is 13.2 Å². The van der Waals surface area contributed by atoms with E-state index >= 15 is 0 Å². The summed E-state index contributed by atoms with van der Waals surface area (Å²) >= 11 is 0. The first kappa shape index (κ1) is 17.0. The van der Waals surface area contributed by atoms with Crippen LogP contribution in [0, 0.1) is 6.92 Å². The van der Waals surface area contributed by atoms with Crippen LogP contribution in [0.1, 0.15) is 44.2 Å². The minimum atomic E-state index is -0.517. The van der Waals surface area contributed by atoms with E-state index in [0.29, 0.717) is 32.5 Å². The van der Waals surface area contributed by atoms with E-state index in [2.05, 4.69) is 24.4 Å². The van der Waals surface area contributed by atoms with E-state index < -0.39 is 11.5 Å². The summed E-state index contributed by atoms with van der Waals surface area (Å²) in [6.07, 6.45) is 1.54. The van der Waals surface area contributed by atoms with Gasteiger partial charge in [0.15, 0.2) is 0 Å². The normalized spacial score (nSPS) is 20.2. The van der Waals surface area contributed by atoms with Gasteiger partial charge in [0.2, 0.25) is 5.91 Å². The summed E-state index contributed by atoms with van der Waals surface area (Å²) in [6.45, 7) is 6.95. The molecule has 1 amide bonds. The molecule has 1 aliphatic heterocycles. The number of amides is 1. The Labute approximate surface area is 132 Å². The first-order valence-electron chi connectivity index (χ1n) is 8.08. The monoisotopic (exact) mass is 305 g/mol. The Morgan fingerprint density at radius 1 is 1.32 bits per heavy atom. The van der Waals surface area contributed by atoms with Crippen molar-refractivity contribution in [3.8, 4) is 0 Å². The topological polar surface area (TPSA) is 58.6 Å². The number of benzene rings is 1. The fourth-order valence-corrected chi connectivity index (χ4v) is 3.38. The third-order valence-electron chi connectivity index (χ3n) is 4.51. The minimum Gasteiger partial charge on any atom is -0.393 e. The molecule has 4 nitrogen and oxygen atoms in total. The number of ether oxygens (including phenoxy) is 1. The zero-order valence-corrected chi connectivity index (χ0v) is 13.8. The molecule has 0 spiro atoms. The zero-order valence-electron chi connectivity index (χ0n) is 13.8. The SMILES string of the molecule is Cc1ccccc1C1(C(=O)N[C@@H](C)C[C@H](C)O)CCOCC1. The number of hydrogen-bond donors (Lipinski definition) is 2. The van der Waals surface area contributed by atoms with Crippen LogP contribution in [0.2, 0.25) is 0 Å². The van der Waals surface area contributed by atoms with Crippen molar-refractivity contribution in [3.05, 3.63) is 35.4 Å². The summed E-state index contributed by atoms with van der Waals surface area (Å²) in [7, 11) is 0. The van der Waals surface area contributed by atoms with Crippen LogP contribution in [0.3, 0.4) is 0 Å². The van der Waals surface area contributed by atoms with Gasteiger partial charge in [-0.05, 0) is 51.2 Å². The van der Waals surface area contributed by atoms with E-state index in [-0.39, 0.29) is 11.9 Å². The fourth-order valence-electron chi connectivity index (χ4n) is 3.38. The predicted octanol–water partition coefficient (Wildman–Crippen LogP) is 2.32. The lowest BCUT2D eigenvalue weighted by molar-refractivity contribution is -0.131. The summed E-state index contributed by atoms with van der Waals surface area (Å²) in [5, 5.41) is 12.6. The summed E-state index contributed by atoms with van der Waals surface area (Å²) in [4.78, 5) is 13.0. The highest BCUT2D eigenvalue weighted by Crippen LogP contribution is 2.37. The zero-order chi connectivity index (χ0) is 16.2. The molecule has 1 heterocycles. The number of aliphatic hydroxyl groups excluding tert-OH is 1. The third kappa shape index (κ3) is 3.68. The second-order valence-electron chi connectivity index (χ2n) is 6.47. The molecule has 0 unspecified atom stereocenters. The number of aryl methyl sites for hydroxylation is 1. The smallest absolute Gasteiger partial charge is 0.231 e. The number of rotatable bonds is 5. The summed E-state index contributed by atoms with van der Waals surface area (Å²) in [5.41, 5.74) is 1.72. The largest absolute Gasteiger partial charge is 0.393 e. The molecule has 0 bridgehead atoms. The van der Waals surface area contributed by atoms with Gasteiger partial charge in [0.25, 0.3) is 0 Å². The van der Waals surface area contributed by atoms with Crippen molar-refractivity contribution in [3.63, 3.8) is 0 Å². The van der Waals surface area contributed by atoms with Gasteiger partial charge in [-0.3, -0.25) is 4.79 Å². The third-order valence-corrected chi connectivity index (χ3v) is 4.51. The molecular weight excluding hydrogens is 278 g/mol. The second-order valence-corrected chi connectivity index (χ2v) is 6.47. The van der Waals surface area contributed by atoms with Gasteiger partial charge in [-0.25, -0.2) is 0 Å². The van der Waals surface area contributed by atoms with Gasteiger partial charge in [0, 0.05) is 19.3 Å². The number of carbonyl (C=O) groups excluding carboxylic acids is 1. The van der Waals surface area contributed by atoms with Crippen LogP contribution in [0.4, 0.5) is 0 Å². The quantitative estimate of drug-likeness (QED) is 0.878. The molecule has 1 aromatic rings. The predicted molar refractivity (Wildman–Crippen MR) is 86.8 cm³/mol. The van der Waals surface area contributed by atoms with Gasteiger partial charge in [0.1, 0.15) is 0 Å². The highest BCUT2D eigenvalue weighted by molar-refractivity contribution is 5.89. The van der Waals surface area contributed by atoms with Crippen LogP contribution < -0.4 is 5.32 Å². The molecule has 0 radical (unpaired) electrons. The molecule has 122 valence electrons. The van der Waals surface area contributed by atoms with Crippen molar-refractivity contribution in [2.45, 2.75) is 57.6 Å². The number of aliphatic hydroxyl groups is 1. The molecule has 1 aromatic carbocycles. The van der Waals surface area contributed by atoms with Gasteiger partial charge in [-0.1, -0.05) is 24.3 Å². The highest BCUT2D eigenvalue weighted by Gasteiger charge is 2.42. The van der Waals surface area contributed by atoms with E-state index in [9.17, 15) is 9.90 Å². The van der Waals surface area contributed by atoms with Crippen LogP contribution >= 0.6 is 0 Å². The van der Waals surface area contributed by atoms with Crippen molar-refractivity contribution < 1.29 is 14.6 Å². The van der Waals surface area contributed by atoms with E-state index in [1.807, 2.05) is 19.1 Å². The molecule has 0 aromatic heterocycles. The van der Waals surface area contributed by atoms with Crippen molar-refractivity contribution in [1.82, 2.24) is 5.32 Å². The van der Waals surface area contributed by atoms with Crippen molar-refractivity contribution >= 4 is 5.91 Å². The van der Waals surface area contributed by atoms with E-state index in [4.69, 9.17) is 4.74 Å². The van der Waals surface area contributed by atoms with E-state index in [1.165, 1.54) is 0 Å². The molecule has 2 rings (SSSR count). The number of carbonyl (C=O) groups is 1. The van der Waals surface area contributed by atoms with Gasteiger partial charge in [0.05, 0.1) is 11.5 Å². The molecule has 1 aliphatic rings. The lowest BCUT2D eigenvalue weighted by Gasteiger charge is -2.38. The number of nitrogens with one attached hydrogen (secondary N) is 1. The molecule has 2 N–H and O–H groups in total. The van der Waals surface area contributed by atoms with Crippen LogP contribution in [0.5, 0.6) is 0 Å². The van der Waals surface area contributed by atoms with Gasteiger partial charge in [-0.2, -0.15) is 0 Å². The average Bonchev–Trinajstić information content (AvgIpc) is 2.47. The molecule has 1 saturated heterocycles. The number of hydrogen-bond acceptors (Lipinski definition) is 3. The average molecular weight is 305 g/mol. The molecule has 0 saturated carbocycles. The van der Waals surface area contributed by atoms with Crippen molar-refractivity contribution in [1.29, 1.82) is 0 Å². The Kier molecular flexibility index (Phi) is 5.59. The van der Waals surface area contributed by atoms with Crippen LogP contribution in [-0.2, 0) is 14.9 Å². The van der Waals surface area contributed by atoms with Gasteiger partial charge < -0.3 is 15.2 Å². The maximum atomic E-state index is 13.0. The molecule has 4 heteroatoms. The second kappa shape index (κ2) is 7.25.